The number of aliphatic hydroxyl groups excluding tert-OH is 3. The minimum Gasteiger partial charge on any atom is -0.481 e. The fourth-order valence-corrected chi connectivity index (χ4v) is 0.979. The molecule has 0 amide bonds. The number of aliphatic hydroxyl groups is 3. The molecule has 4 N–H and O–H groups in total. The van der Waals surface area contributed by atoms with Gasteiger partial charge in [-0.25, -0.2) is 0 Å². The van der Waals surface area contributed by atoms with Crippen LogP contribution < -0.4 is 0 Å². The molecule has 0 aliphatic heterocycles. The Bertz CT molecular complexity index is 223. The van der Waals surface area contributed by atoms with Crippen molar-refractivity contribution in [1.29, 1.82) is 0 Å². The van der Waals surface area contributed by atoms with Crippen molar-refractivity contribution in [1.82, 2.24) is 0 Å². The van der Waals surface area contributed by atoms with Crippen molar-refractivity contribution in [2.45, 2.75) is 59.0 Å². The van der Waals surface area contributed by atoms with E-state index in [4.69, 9.17) is 30.0 Å². The van der Waals surface area contributed by atoms with E-state index < -0.39 is 12.1 Å². The Kier molecular flexibility index (Phi) is 25.0. The highest BCUT2D eigenvalue weighted by atomic mass is 16.5. The van der Waals surface area contributed by atoms with E-state index in [2.05, 4.69) is 6.92 Å². The Hall–Kier alpha value is -1.18. The molecule has 0 rings (SSSR count). The molecule has 128 valence electrons. The van der Waals surface area contributed by atoms with Gasteiger partial charge in [0.05, 0.1) is 19.8 Å². The van der Waals surface area contributed by atoms with Gasteiger partial charge < -0.3 is 25.2 Å². The third-order valence-corrected chi connectivity index (χ3v) is 1.97. The number of carbonyl (C=O) groups excluding carboxylic acids is 1. The summed E-state index contributed by atoms with van der Waals surface area (Å²) in [5, 5.41) is 31.4. The SMILES string of the molecule is CC(=O)O.CCCCCCCOC(C)=O.OCC(O)CO. The molecule has 0 aromatic carbocycles. The minimum atomic E-state index is -0.954. The van der Waals surface area contributed by atoms with Crippen LogP contribution in [0.1, 0.15) is 52.9 Å². The van der Waals surface area contributed by atoms with Crippen LogP contribution in [0.4, 0.5) is 0 Å². The predicted octanol–water partition coefficient (Wildman–Crippen LogP) is 0.943. The Labute approximate surface area is 126 Å². The lowest BCUT2D eigenvalue weighted by atomic mass is 10.2. The first-order valence-corrected chi connectivity index (χ1v) is 7.04. The number of ether oxygens (including phenoxy) is 1. The van der Waals surface area contributed by atoms with Gasteiger partial charge in [0.25, 0.3) is 5.97 Å². The summed E-state index contributed by atoms with van der Waals surface area (Å²) in [6, 6.07) is 0. The van der Waals surface area contributed by atoms with Gasteiger partial charge in [0.15, 0.2) is 0 Å². The van der Waals surface area contributed by atoms with E-state index in [1.54, 1.807) is 0 Å². The fraction of sp³-hybridized carbons (Fsp3) is 0.857. The van der Waals surface area contributed by atoms with Crippen molar-refractivity contribution in [3.63, 3.8) is 0 Å². The summed E-state index contributed by atoms with van der Waals surface area (Å²) in [6.45, 7) is 4.59. The van der Waals surface area contributed by atoms with Crippen LogP contribution >= 0.6 is 0 Å². The molecule has 0 saturated carbocycles. The summed E-state index contributed by atoms with van der Waals surface area (Å²) in [5.74, 6) is -1.000. The Balaban J connectivity index is -0.000000272. The molecule has 0 fully saturated rings. The average molecular weight is 310 g/mol. The minimum absolute atomic E-state index is 0.166. The third-order valence-electron chi connectivity index (χ3n) is 1.97. The van der Waals surface area contributed by atoms with E-state index in [1.165, 1.54) is 32.6 Å². The summed E-state index contributed by atoms with van der Waals surface area (Å²) in [5.41, 5.74) is 0. The van der Waals surface area contributed by atoms with Gasteiger partial charge >= 0.3 is 5.97 Å². The maximum absolute atomic E-state index is 10.3. The van der Waals surface area contributed by atoms with Gasteiger partial charge in [-0.3, -0.25) is 9.59 Å². The number of hydrogen-bond donors (Lipinski definition) is 4. The average Bonchev–Trinajstić information content (AvgIpc) is 2.41. The van der Waals surface area contributed by atoms with Crippen LogP contribution in [0.25, 0.3) is 0 Å². The molecule has 0 aliphatic rings. The lowest BCUT2D eigenvalue weighted by Crippen LogP contribution is -2.15. The molecule has 7 nitrogen and oxygen atoms in total. The smallest absolute Gasteiger partial charge is 0.302 e. The number of hydrogen-bond acceptors (Lipinski definition) is 6. The first kappa shape index (κ1) is 24.8. The summed E-state index contributed by atoms with van der Waals surface area (Å²) in [4.78, 5) is 19.3. The second-order valence-corrected chi connectivity index (χ2v) is 4.29. The maximum atomic E-state index is 10.3. The van der Waals surface area contributed by atoms with Gasteiger partial charge in [-0.2, -0.15) is 0 Å². The number of aliphatic carboxylic acids is 1. The maximum Gasteiger partial charge on any atom is 0.302 e. The molecule has 0 atom stereocenters. The zero-order chi connectivity index (χ0) is 17.1. The molecule has 0 unspecified atom stereocenters. The molecule has 0 aromatic heterocycles. The van der Waals surface area contributed by atoms with Crippen LogP contribution in [0.5, 0.6) is 0 Å². The Morgan fingerprint density at radius 3 is 1.71 bits per heavy atom. The number of carboxylic acids is 1. The molecule has 21 heavy (non-hydrogen) atoms. The quantitative estimate of drug-likeness (QED) is 0.388. The van der Waals surface area contributed by atoms with E-state index in [1.807, 2.05) is 0 Å². The van der Waals surface area contributed by atoms with Crippen molar-refractivity contribution in [3.8, 4) is 0 Å². The van der Waals surface area contributed by atoms with Crippen molar-refractivity contribution in [3.05, 3.63) is 0 Å². The second kappa shape index (κ2) is 21.1. The zero-order valence-corrected chi connectivity index (χ0v) is 13.2. The van der Waals surface area contributed by atoms with E-state index in [0.717, 1.165) is 13.3 Å². The van der Waals surface area contributed by atoms with E-state index in [-0.39, 0.29) is 19.2 Å². The molecule has 0 bridgehead atoms. The van der Waals surface area contributed by atoms with Crippen molar-refractivity contribution in [2.75, 3.05) is 19.8 Å². The van der Waals surface area contributed by atoms with Crippen molar-refractivity contribution < 1.29 is 34.8 Å². The van der Waals surface area contributed by atoms with Gasteiger partial charge in [0.2, 0.25) is 0 Å². The van der Waals surface area contributed by atoms with Crippen LogP contribution in [0, 0.1) is 0 Å². The largest absolute Gasteiger partial charge is 0.481 e. The third kappa shape index (κ3) is 45.5. The van der Waals surface area contributed by atoms with Gasteiger partial charge in [-0.15, -0.1) is 0 Å². The van der Waals surface area contributed by atoms with Gasteiger partial charge in [0.1, 0.15) is 6.10 Å². The highest BCUT2D eigenvalue weighted by Gasteiger charge is 1.94. The summed E-state index contributed by atoms with van der Waals surface area (Å²) >= 11 is 0. The van der Waals surface area contributed by atoms with Crippen LogP contribution in [0.15, 0.2) is 0 Å². The van der Waals surface area contributed by atoms with E-state index >= 15 is 0 Å². The summed E-state index contributed by atoms with van der Waals surface area (Å²) in [6.07, 6.45) is 5.05. The van der Waals surface area contributed by atoms with E-state index in [9.17, 15) is 4.79 Å². The Morgan fingerprint density at radius 1 is 1.00 bits per heavy atom. The van der Waals surface area contributed by atoms with Gasteiger partial charge in [-0.05, 0) is 6.42 Å². The summed E-state index contributed by atoms with van der Waals surface area (Å²) < 4.78 is 4.78. The Morgan fingerprint density at radius 2 is 1.43 bits per heavy atom. The van der Waals surface area contributed by atoms with Crippen molar-refractivity contribution >= 4 is 11.9 Å². The monoisotopic (exact) mass is 310 g/mol. The molecule has 0 saturated heterocycles. The second-order valence-electron chi connectivity index (χ2n) is 4.29. The highest BCUT2D eigenvalue weighted by molar-refractivity contribution is 5.65. The molecule has 0 aliphatic carbocycles. The molecular weight excluding hydrogens is 280 g/mol. The lowest BCUT2D eigenvalue weighted by molar-refractivity contribution is -0.141. The zero-order valence-electron chi connectivity index (χ0n) is 13.2. The first-order chi connectivity index (χ1) is 9.81. The van der Waals surface area contributed by atoms with Crippen molar-refractivity contribution in [2.24, 2.45) is 0 Å². The summed E-state index contributed by atoms with van der Waals surface area (Å²) in [7, 11) is 0. The fourth-order valence-electron chi connectivity index (χ4n) is 0.979. The highest BCUT2D eigenvalue weighted by Crippen LogP contribution is 2.02. The number of unbranched alkanes of at least 4 members (excludes halogenated alkanes) is 4. The molecule has 0 aromatic rings. The number of esters is 1. The lowest BCUT2D eigenvalue weighted by Gasteiger charge is -2.00. The van der Waals surface area contributed by atoms with Crippen LogP contribution in [-0.2, 0) is 14.3 Å². The number of rotatable bonds is 8. The van der Waals surface area contributed by atoms with E-state index in [0.29, 0.717) is 6.61 Å². The van der Waals surface area contributed by atoms with Gasteiger partial charge in [-0.1, -0.05) is 32.6 Å². The molecule has 7 heteroatoms. The predicted molar refractivity (Wildman–Crippen MR) is 78.9 cm³/mol. The standard InChI is InChI=1S/C9H18O2.C3H8O3.C2H4O2/c1-3-4-5-6-7-8-11-9(2)10;4-1-3(6)2-5;1-2(3)4/h3-8H2,1-2H3;3-6H,1-2H2;1H3,(H,3,4). The molecular formula is C14H30O7. The molecule has 0 heterocycles. The molecule has 0 radical (unpaired) electrons. The topological polar surface area (TPSA) is 124 Å². The number of carbonyl (C=O) groups is 2. The first-order valence-electron chi connectivity index (χ1n) is 7.04. The van der Waals surface area contributed by atoms with Crippen LogP contribution in [0.3, 0.4) is 0 Å². The van der Waals surface area contributed by atoms with Crippen LogP contribution in [-0.4, -0.2) is 58.3 Å². The van der Waals surface area contributed by atoms with Gasteiger partial charge in [0, 0.05) is 13.8 Å². The van der Waals surface area contributed by atoms with Crippen LogP contribution in [0.2, 0.25) is 0 Å². The normalized spacial score (nSPS) is 9.10. The molecule has 0 spiro atoms. The number of carboxylic acid groups (broad SMARTS) is 1.